The summed E-state index contributed by atoms with van der Waals surface area (Å²) in [4.78, 5) is 97.6. The van der Waals surface area contributed by atoms with Crippen LogP contribution in [0.4, 0.5) is 0 Å². The van der Waals surface area contributed by atoms with Crippen LogP contribution in [0.5, 0.6) is 5.75 Å². The van der Waals surface area contributed by atoms with Crippen LogP contribution in [0.15, 0.2) is 72.4 Å². The first-order valence-corrected chi connectivity index (χ1v) is 20.7. The number of nitrogens with one attached hydrogen (secondary N) is 3. The second kappa shape index (κ2) is 22.9. The van der Waals surface area contributed by atoms with Crippen LogP contribution in [0.1, 0.15) is 78.7 Å². The van der Waals surface area contributed by atoms with E-state index in [0.29, 0.717) is 29.0 Å². The first kappa shape index (κ1) is 48.2. The number of fused-ring (bicyclic) bond motifs is 2. The molecule has 1 aromatic rings. The fourth-order valence-corrected chi connectivity index (χ4v) is 7.09. The summed E-state index contributed by atoms with van der Waals surface area (Å²) in [5.41, 5.74) is 4.01. The number of carbonyl (C=O) groups excluding carboxylic acids is 7. The van der Waals surface area contributed by atoms with Crippen molar-refractivity contribution >= 4 is 41.3 Å². The summed E-state index contributed by atoms with van der Waals surface area (Å²) in [5, 5.41) is 40.2. The van der Waals surface area contributed by atoms with E-state index in [0.717, 1.165) is 6.08 Å². The lowest BCUT2D eigenvalue weighted by molar-refractivity contribution is -0.174. The van der Waals surface area contributed by atoms with Crippen LogP contribution in [0, 0.1) is 17.8 Å². The summed E-state index contributed by atoms with van der Waals surface area (Å²) in [7, 11) is 0. The molecule has 2 saturated heterocycles. The molecule has 17 nitrogen and oxygen atoms in total. The molecular formula is C44H59N5O12. The molecule has 61 heavy (non-hydrogen) atoms. The molecule has 6 N–H and O–H groups in total. The Balaban J connectivity index is 1.71. The maximum atomic E-state index is 14.3. The van der Waals surface area contributed by atoms with Crippen molar-refractivity contribution in [2.24, 2.45) is 17.8 Å². The molecule has 5 amide bonds. The number of imide groups is 1. The van der Waals surface area contributed by atoms with Crippen LogP contribution in [0.2, 0.25) is 0 Å². The number of rotatable bonds is 9. The zero-order valence-electron chi connectivity index (χ0n) is 35.3. The maximum Gasteiger partial charge on any atom is 0.325 e. The van der Waals surface area contributed by atoms with E-state index < -0.39 is 89.7 Å². The number of cyclic esters (lactones) is 1. The quantitative estimate of drug-likeness (QED) is 0.119. The number of phenols is 1. The number of phenolic OH excluding ortho intramolecular Hbond substituents is 1. The van der Waals surface area contributed by atoms with Crippen LogP contribution < -0.4 is 16.1 Å². The van der Waals surface area contributed by atoms with E-state index in [2.05, 4.69) is 16.1 Å². The van der Waals surface area contributed by atoms with Gasteiger partial charge in [-0.15, -0.1) is 5.06 Å². The van der Waals surface area contributed by atoms with Crippen LogP contribution in [0.3, 0.4) is 0 Å². The van der Waals surface area contributed by atoms with Gasteiger partial charge in [-0.05, 0) is 62.3 Å². The lowest BCUT2D eigenvalue weighted by atomic mass is 9.84. The molecule has 0 radical (unpaired) electrons. The molecule has 332 valence electrons. The monoisotopic (exact) mass is 849 g/mol. The zero-order chi connectivity index (χ0) is 44.8. The Morgan fingerprint density at radius 2 is 1.79 bits per heavy atom. The summed E-state index contributed by atoms with van der Waals surface area (Å²) in [6, 6.07) is 2.77. The van der Waals surface area contributed by atoms with Gasteiger partial charge in [0.1, 0.15) is 35.8 Å². The third kappa shape index (κ3) is 14.0. The van der Waals surface area contributed by atoms with Crippen LogP contribution in [-0.2, 0) is 49.6 Å². The maximum absolute atomic E-state index is 14.3. The Morgan fingerprint density at radius 1 is 1.03 bits per heavy atom. The smallest absolute Gasteiger partial charge is 0.325 e. The lowest BCUT2D eigenvalue weighted by Gasteiger charge is -2.36. The Labute approximate surface area is 355 Å². The molecule has 3 aliphatic rings. The number of nitrogens with zero attached hydrogens (tertiary/aromatic N) is 2. The molecule has 3 heterocycles. The standard InChI is InChI=1S/C44H59N5O12/c1-26(2)39-42(57)45-34(25-30-13-10-14-31(51)24-30)43(58)48-22-11-15-33(47-48)44(59)61-36(27(3)12-9-18-37(53)49-38(54)21-23-60-49)17-8-6-7-16-35(52)29(5)40(55)32(41(56)46-39)20-19-28(4)50/h6-10,12-14,16,18,24,26,29,32-36,39-40,47,51-52,55H,11,15,17,19-23,25H2,1-5H3,(H,45,57)(H,46,56)/b8-6+,16-7+,18-9+,27-12+/t29-,32+,33?,34-,35-,36-,39-,40+/m0/s1. The highest BCUT2D eigenvalue weighted by molar-refractivity contribution is 6.00. The number of ether oxygens (including phenoxy) is 1. The Hall–Kier alpha value is -5.49. The van der Waals surface area contributed by atoms with Gasteiger partial charge in [0.15, 0.2) is 0 Å². The predicted octanol–water partition coefficient (Wildman–Crippen LogP) is 2.02. The number of ketones is 1. The van der Waals surface area contributed by atoms with Gasteiger partial charge < -0.3 is 35.5 Å². The largest absolute Gasteiger partial charge is 0.508 e. The van der Waals surface area contributed by atoms with Gasteiger partial charge in [-0.2, -0.15) is 0 Å². The minimum Gasteiger partial charge on any atom is -0.508 e. The molecule has 17 heteroatoms. The van der Waals surface area contributed by atoms with Gasteiger partial charge in [0, 0.05) is 37.8 Å². The second-order valence-corrected chi connectivity index (χ2v) is 16.0. The van der Waals surface area contributed by atoms with Crippen molar-refractivity contribution in [2.75, 3.05) is 13.2 Å². The zero-order valence-corrected chi connectivity index (χ0v) is 35.3. The molecule has 4 rings (SSSR count). The number of allylic oxidation sites excluding steroid dienone is 4. The molecule has 2 fully saturated rings. The summed E-state index contributed by atoms with van der Waals surface area (Å²) in [6.07, 6.45) is 7.56. The number of carbonyl (C=O) groups is 7. The van der Waals surface area contributed by atoms with Gasteiger partial charge in [-0.3, -0.25) is 38.6 Å². The Kier molecular flexibility index (Phi) is 18.1. The highest BCUT2D eigenvalue weighted by Gasteiger charge is 2.39. The van der Waals surface area contributed by atoms with E-state index in [-0.39, 0.29) is 56.8 Å². The first-order valence-electron chi connectivity index (χ1n) is 20.7. The molecular weight excluding hydrogens is 791 g/mol. The normalized spacial score (nSPS) is 29.0. The molecule has 1 aromatic carbocycles. The third-order valence-corrected chi connectivity index (χ3v) is 10.8. The van der Waals surface area contributed by atoms with Crippen LogP contribution in [-0.4, -0.2) is 116 Å². The van der Waals surface area contributed by atoms with E-state index in [1.54, 1.807) is 58.1 Å². The van der Waals surface area contributed by atoms with E-state index in [4.69, 9.17) is 9.57 Å². The van der Waals surface area contributed by atoms with Gasteiger partial charge in [0.25, 0.3) is 17.7 Å². The number of aliphatic hydroxyl groups excluding tert-OH is 2. The third-order valence-electron chi connectivity index (χ3n) is 10.8. The van der Waals surface area contributed by atoms with E-state index in [9.17, 15) is 48.9 Å². The molecule has 0 aliphatic carbocycles. The topological polar surface area (TPSA) is 241 Å². The SMILES string of the molecule is CC(=O)CC[C@H]1C(=O)N[C@@H](C(C)C)C(=O)N[C@@H](Cc2cccc(O)c2)C(=O)N2CCCC(N2)C(=O)O[C@H](/C(C)=C/C=C/C(=O)N2OCCC2=O)C/C=C/C=C/[C@H](O)[C@H](C)[C@H]1O. The van der Waals surface area contributed by atoms with Gasteiger partial charge in [-0.25, -0.2) is 5.43 Å². The fraction of sp³-hybridized carbons (Fsp3) is 0.523. The molecule has 2 bridgehead atoms. The summed E-state index contributed by atoms with van der Waals surface area (Å²) >= 11 is 0. The van der Waals surface area contributed by atoms with E-state index >= 15 is 0 Å². The second-order valence-electron chi connectivity index (χ2n) is 16.0. The average Bonchev–Trinajstić information content (AvgIpc) is 3.66. The minimum absolute atomic E-state index is 0.0440. The molecule has 0 aromatic heterocycles. The highest BCUT2D eigenvalue weighted by atomic mass is 16.7. The van der Waals surface area contributed by atoms with E-state index in [1.807, 2.05) is 0 Å². The molecule has 8 atom stereocenters. The van der Waals surface area contributed by atoms with E-state index in [1.165, 1.54) is 42.3 Å². The number of aliphatic hydroxyl groups is 2. The highest BCUT2D eigenvalue weighted by Crippen LogP contribution is 2.24. The predicted molar refractivity (Wildman–Crippen MR) is 221 cm³/mol. The number of hydroxylamine groups is 2. The number of hydrogen-bond acceptors (Lipinski definition) is 13. The van der Waals surface area contributed by atoms with Gasteiger partial charge in [0.05, 0.1) is 31.2 Å². The lowest BCUT2D eigenvalue weighted by Crippen LogP contribution is -2.62. The summed E-state index contributed by atoms with van der Waals surface area (Å²) in [5.74, 6) is -6.71. The molecule has 0 spiro atoms. The number of hydrazine groups is 1. The van der Waals surface area contributed by atoms with Crippen molar-refractivity contribution < 1.29 is 58.5 Å². The number of esters is 1. The van der Waals surface area contributed by atoms with Crippen molar-refractivity contribution in [1.82, 2.24) is 26.1 Å². The van der Waals surface area contributed by atoms with Crippen molar-refractivity contribution in [1.29, 1.82) is 0 Å². The van der Waals surface area contributed by atoms with Crippen molar-refractivity contribution in [3.63, 3.8) is 0 Å². The minimum atomic E-state index is -1.44. The van der Waals surface area contributed by atoms with Crippen molar-refractivity contribution in [3.8, 4) is 5.75 Å². The van der Waals surface area contributed by atoms with Crippen molar-refractivity contribution in [3.05, 3.63) is 77.9 Å². The molecule has 1 unspecified atom stereocenters. The average molecular weight is 850 g/mol. The first-order chi connectivity index (χ1) is 29.0. The fourth-order valence-electron chi connectivity index (χ4n) is 7.09. The van der Waals surface area contributed by atoms with Crippen LogP contribution in [0.25, 0.3) is 0 Å². The van der Waals surface area contributed by atoms with Gasteiger partial charge in [0.2, 0.25) is 11.8 Å². The van der Waals surface area contributed by atoms with Gasteiger partial charge >= 0.3 is 5.97 Å². The molecule has 0 saturated carbocycles. The number of amides is 5. The van der Waals surface area contributed by atoms with Crippen molar-refractivity contribution in [2.45, 2.75) is 116 Å². The molecule has 3 aliphatic heterocycles. The number of aromatic hydroxyl groups is 1. The van der Waals surface area contributed by atoms with Crippen LogP contribution >= 0.6 is 0 Å². The van der Waals surface area contributed by atoms with Gasteiger partial charge in [-0.1, -0.05) is 69.4 Å². The number of benzene rings is 1. The summed E-state index contributed by atoms with van der Waals surface area (Å²) < 4.78 is 5.99. The Bertz CT molecular complexity index is 1890. The summed E-state index contributed by atoms with van der Waals surface area (Å²) in [6.45, 7) is 8.26. The number of Topliss-reactive ketones (excluding diaryl/α,β-unsaturated/α-hetero) is 1. The Morgan fingerprint density at radius 3 is 2.46 bits per heavy atom. The number of hydrogen-bond donors (Lipinski definition) is 6.